The molecule has 9 nitrogen and oxygen atoms in total. The van der Waals surface area contributed by atoms with E-state index in [0.717, 1.165) is 16.7 Å². The molecule has 2 fully saturated rings. The summed E-state index contributed by atoms with van der Waals surface area (Å²) in [4.78, 5) is 12.3. The van der Waals surface area contributed by atoms with Gasteiger partial charge in [-0.15, -0.1) is 0 Å². The number of carbonyl (C=O) groups excluding carboxylic acids is 1. The average molecular weight is 571 g/mol. The Balaban J connectivity index is 1.37. The van der Waals surface area contributed by atoms with Gasteiger partial charge in [0, 0.05) is 0 Å². The van der Waals surface area contributed by atoms with Crippen LogP contribution in [0.2, 0.25) is 0 Å². The number of aromatic amines is 1. The van der Waals surface area contributed by atoms with Crippen molar-refractivity contribution in [2.45, 2.75) is 56.6 Å². The van der Waals surface area contributed by atoms with Gasteiger partial charge in [0.15, 0.2) is 17.2 Å². The number of aromatic hydroxyl groups is 1. The Morgan fingerprint density at radius 3 is 1.95 bits per heavy atom. The van der Waals surface area contributed by atoms with Crippen LogP contribution < -0.4 is 0 Å². The number of aromatic nitrogens is 2. The van der Waals surface area contributed by atoms with E-state index in [-0.39, 0.29) is 30.4 Å². The van der Waals surface area contributed by atoms with Crippen LogP contribution in [-0.2, 0) is 29.3 Å². The summed E-state index contributed by atoms with van der Waals surface area (Å²) in [7, 11) is 0. The van der Waals surface area contributed by atoms with E-state index in [4.69, 9.17) is 23.7 Å². The van der Waals surface area contributed by atoms with Crippen LogP contribution >= 0.6 is 0 Å². The van der Waals surface area contributed by atoms with Crippen molar-refractivity contribution in [3.8, 4) is 5.75 Å². The van der Waals surface area contributed by atoms with Crippen molar-refractivity contribution >= 4 is 5.97 Å². The lowest BCUT2D eigenvalue weighted by Gasteiger charge is -2.37. The van der Waals surface area contributed by atoms with Crippen LogP contribution in [0.4, 0.5) is 0 Å². The summed E-state index contributed by atoms with van der Waals surface area (Å²) < 4.78 is 31.1. The molecule has 4 aromatic rings. The summed E-state index contributed by atoms with van der Waals surface area (Å²) in [6, 6.07) is 30.2. The zero-order valence-corrected chi connectivity index (χ0v) is 23.7. The number of H-pyrrole nitrogens is 1. The van der Waals surface area contributed by atoms with Crippen LogP contribution in [0.25, 0.3) is 0 Å². The zero-order chi connectivity index (χ0) is 29.3. The second-order valence-electron chi connectivity index (χ2n) is 10.8. The van der Waals surface area contributed by atoms with Gasteiger partial charge in [0.05, 0.1) is 13.2 Å². The monoisotopic (exact) mass is 570 g/mol. The Bertz CT molecular complexity index is 1410. The van der Waals surface area contributed by atoms with Gasteiger partial charge in [-0.3, -0.25) is 5.10 Å². The largest absolute Gasteiger partial charge is 0.504 e. The van der Waals surface area contributed by atoms with Crippen molar-refractivity contribution in [1.29, 1.82) is 0 Å². The molecule has 2 N–H and O–H groups in total. The molecular formula is C33H34N2O7. The number of fused-ring (bicyclic) bond motifs is 1. The first-order valence-corrected chi connectivity index (χ1v) is 14.1. The van der Waals surface area contributed by atoms with Gasteiger partial charge in [0.25, 0.3) is 0 Å². The number of nitrogens with zero attached hydrogens (tertiary/aromatic N) is 1. The summed E-state index contributed by atoms with van der Waals surface area (Å²) in [6.07, 6.45) is -2.52. The van der Waals surface area contributed by atoms with E-state index in [9.17, 15) is 9.90 Å². The molecule has 0 spiro atoms. The molecule has 6 rings (SSSR count). The van der Waals surface area contributed by atoms with Crippen molar-refractivity contribution in [2.24, 2.45) is 0 Å². The highest BCUT2D eigenvalue weighted by atomic mass is 16.8. The van der Waals surface area contributed by atoms with E-state index in [0.29, 0.717) is 0 Å². The van der Waals surface area contributed by atoms with Gasteiger partial charge >= 0.3 is 5.97 Å². The molecule has 0 radical (unpaired) electrons. The Kier molecular flexibility index (Phi) is 7.59. The Hall–Kier alpha value is -4.02. The molecule has 0 saturated carbocycles. The van der Waals surface area contributed by atoms with Gasteiger partial charge in [0.2, 0.25) is 0 Å². The molecule has 218 valence electrons. The molecule has 0 aliphatic carbocycles. The topological polar surface area (TPSA) is 112 Å². The number of nitrogens with one attached hydrogen (secondary N) is 1. The molecule has 2 aliphatic rings. The molecule has 42 heavy (non-hydrogen) atoms. The van der Waals surface area contributed by atoms with E-state index in [1.165, 1.54) is 0 Å². The molecule has 0 bridgehead atoms. The molecule has 0 amide bonds. The molecular weight excluding hydrogens is 536 g/mol. The lowest BCUT2D eigenvalue weighted by Crippen LogP contribution is -2.39. The van der Waals surface area contributed by atoms with Crippen molar-refractivity contribution in [2.75, 3.05) is 13.2 Å². The highest BCUT2D eigenvalue weighted by Crippen LogP contribution is 2.48. The normalized spacial score (nSPS) is 23.0. The van der Waals surface area contributed by atoms with E-state index in [1.807, 2.05) is 68.4 Å². The van der Waals surface area contributed by atoms with Crippen LogP contribution in [0.1, 0.15) is 59.7 Å². The van der Waals surface area contributed by atoms with Crippen LogP contribution in [0.5, 0.6) is 5.75 Å². The predicted octanol–water partition coefficient (Wildman–Crippen LogP) is 5.26. The Labute approximate surface area is 244 Å². The van der Waals surface area contributed by atoms with Crippen molar-refractivity contribution in [3.63, 3.8) is 0 Å². The SMILES string of the molecule is CCOC(=O)c1[nH]nc(C2O[C@@H](COC(c3ccccc3)(c3ccccc3)c3ccccc3)[C@@H]3OC(C)(C)O[C@H]23)c1O. The van der Waals surface area contributed by atoms with Crippen molar-refractivity contribution in [3.05, 3.63) is 119 Å². The minimum atomic E-state index is -0.957. The number of esters is 1. The van der Waals surface area contributed by atoms with Crippen molar-refractivity contribution in [1.82, 2.24) is 10.2 Å². The van der Waals surface area contributed by atoms with Gasteiger partial charge in [-0.25, -0.2) is 4.79 Å². The smallest absolute Gasteiger partial charge is 0.360 e. The molecule has 1 aromatic heterocycles. The number of benzene rings is 3. The standard InChI is InChI=1S/C33H34N2O7/c1-4-38-31(37)26-27(36)25(34-35-26)29-30-28(41-32(2,3)42-30)24(40-29)20-39-33(21-14-8-5-9-15-21,22-16-10-6-11-17-22)23-18-12-7-13-19-23/h5-19,24,28-30,36H,4,20H2,1-3H3,(H,34,35)/t24-,28-,29?,30-/m0/s1. The van der Waals surface area contributed by atoms with Gasteiger partial charge in [-0.2, -0.15) is 5.10 Å². The number of carbonyl (C=O) groups is 1. The first-order valence-electron chi connectivity index (χ1n) is 14.1. The predicted molar refractivity (Wildman–Crippen MR) is 153 cm³/mol. The quantitative estimate of drug-likeness (QED) is 0.207. The Morgan fingerprint density at radius 1 is 0.905 bits per heavy atom. The number of rotatable bonds is 9. The van der Waals surface area contributed by atoms with E-state index < -0.39 is 41.8 Å². The highest BCUT2D eigenvalue weighted by Gasteiger charge is 2.57. The molecule has 9 heteroatoms. The summed E-state index contributed by atoms with van der Waals surface area (Å²) in [5, 5.41) is 17.7. The highest BCUT2D eigenvalue weighted by molar-refractivity contribution is 5.90. The maximum atomic E-state index is 12.3. The van der Waals surface area contributed by atoms with Gasteiger partial charge in [-0.05, 0) is 37.5 Å². The molecule has 2 saturated heterocycles. The molecule has 2 aliphatic heterocycles. The fourth-order valence-corrected chi connectivity index (χ4v) is 5.91. The maximum Gasteiger partial charge on any atom is 0.360 e. The third-order valence-corrected chi connectivity index (χ3v) is 7.67. The van der Waals surface area contributed by atoms with Crippen LogP contribution in [0.3, 0.4) is 0 Å². The average Bonchev–Trinajstić information content (AvgIpc) is 3.65. The molecule has 3 aromatic carbocycles. The number of hydrogen-bond donors (Lipinski definition) is 2. The van der Waals surface area contributed by atoms with Crippen molar-refractivity contribution < 1.29 is 33.6 Å². The third kappa shape index (κ3) is 4.98. The molecule has 4 atom stereocenters. The minimum absolute atomic E-state index is 0.131. The summed E-state index contributed by atoms with van der Waals surface area (Å²) >= 11 is 0. The van der Waals surface area contributed by atoms with Gasteiger partial charge < -0.3 is 28.8 Å². The van der Waals surface area contributed by atoms with E-state index in [2.05, 4.69) is 46.6 Å². The lowest BCUT2D eigenvalue weighted by atomic mass is 9.80. The Morgan fingerprint density at radius 2 is 1.43 bits per heavy atom. The number of ether oxygens (including phenoxy) is 5. The zero-order valence-electron chi connectivity index (χ0n) is 23.7. The summed E-state index contributed by atoms with van der Waals surface area (Å²) in [6.45, 7) is 5.64. The fourth-order valence-electron chi connectivity index (χ4n) is 5.91. The van der Waals surface area contributed by atoms with Crippen LogP contribution in [0, 0.1) is 0 Å². The first-order chi connectivity index (χ1) is 20.3. The second kappa shape index (κ2) is 11.3. The van der Waals surface area contributed by atoms with Gasteiger partial charge in [0.1, 0.15) is 35.7 Å². The fraction of sp³-hybridized carbons (Fsp3) is 0.333. The minimum Gasteiger partial charge on any atom is -0.504 e. The van der Waals surface area contributed by atoms with E-state index in [1.54, 1.807) is 6.92 Å². The second-order valence-corrected chi connectivity index (χ2v) is 10.8. The summed E-state index contributed by atoms with van der Waals surface area (Å²) in [5.41, 5.74) is 1.93. The van der Waals surface area contributed by atoms with E-state index >= 15 is 0 Å². The van der Waals surface area contributed by atoms with Crippen LogP contribution in [-0.4, -0.2) is 58.6 Å². The summed E-state index contributed by atoms with van der Waals surface area (Å²) in [5.74, 6) is -1.94. The molecule has 1 unspecified atom stereocenters. The first kappa shape index (κ1) is 28.1. The number of hydrogen-bond acceptors (Lipinski definition) is 8. The molecule has 3 heterocycles. The lowest BCUT2D eigenvalue weighted by molar-refractivity contribution is -0.196. The van der Waals surface area contributed by atoms with Gasteiger partial charge in [-0.1, -0.05) is 91.0 Å². The third-order valence-electron chi connectivity index (χ3n) is 7.67. The van der Waals surface area contributed by atoms with Crippen LogP contribution in [0.15, 0.2) is 91.0 Å². The maximum absolute atomic E-state index is 12.3.